The fraction of sp³-hybridized carbons (Fsp3) is 0.412. The number of hydrogen-bond acceptors (Lipinski definition) is 3. The van der Waals surface area contributed by atoms with Gasteiger partial charge < -0.3 is 4.90 Å². The molecule has 20 heavy (non-hydrogen) atoms. The molecule has 3 rings (SSSR count). The number of aromatic nitrogens is 2. The predicted octanol–water partition coefficient (Wildman–Crippen LogP) is 3.63. The number of nitrogens with zero attached hydrogens (tertiary/aromatic N) is 3. The van der Waals surface area contributed by atoms with Crippen LogP contribution in [0.3, 0.4) is 0 Å². The van der Waals surface area contributed by atoms with Crippen molar-refractivity contribution >= 4 is 5.82 Å². The summed E-state index contributed by atoms with van der Waals surface area (Å²) in [5, 5.41) is 0. The van der Waals surface area contributed by atoms with Crippen LogP contribution < -0.4 is 4.90 Å². The van der Waals surface area contributed by atoms with Crippen LogP contribution in [0.5, 0.6) is 0 Å². The summed E-state index contributed by atoms with van der Waals surface area (Å²) in [6, 6.07) is 12.2. The van der Waals surface area contributed by atoms with E-state index < -0.39 is 0 Å². The molecule has 1 aliphatic rings. The number of piperidine rings is 1. The summed E-state index contributed by atoms with van der Waals surface area (Å²) in [6.45, 7) is 6.83. The van der Waals surface area contributed by atoms with Crippen molar-refractivity contribution in [2.75, 3.05) is 18.0 Å². The number of benzene rings is 1. The molecule has 0 spiro atoms. The van der Waals surface area contributed by atoms with Gasteiger partial charge in [-0.05, 0) is 24.3 Å². The summed E-state index contributed by atoms with van der Waals surface area (Å²) in [4.78, 5) is 11.6. The molecule has 1 aromatic heterocycles. The lowest BCUT2D eigenvalue weighted by molar-refractivity contribution is 0.355. The maximum absolute atomic E-state index is 4.75. The van der Waals surface area contributed by atoms with Crippen molar-refractivity contribution in [1.82, 2.24) is 9.97 Å². The van der Waals surface area contributed by atoms with E-state index in [4.69, 9.17) is 4.98 Å². The van der Waals surface area contributed by atoms with Crippen LogP contribution in [0.2, 0.25) is 0 Å². The van der Waals surface area contributed by atoms with E-state index in [1.807, 2.05) is 30.5 Å². The van der Waals surface area contributed by atoms with Crippen LogP contribution in [0.15, 0.2) is 42.6 Å². The minimum absolute atomic E-state index is 0.730. The van der Waals surface area contributed by atoms with Crippen LogP contribution in [0, 0.1) is 11.8 Å². The average Bonchev–Trinajstić information content (AvgIpc) is 2.47. The second-order valence-corrected chi connectivity index (χ2v) is 5.96. The Labute approximate surface area is 120 Å². The molecular formula is C17H21N3. The van der Waals surface area contributed by atoms with E-state index in [0.717, 1.165) is 42.1 Å². The molecule has 0 amide bonds. The molecule has 1 fully saturated rings. The zero-order valence-electron chi connectivity index (χ0n) is 12.2. The summed E-state index contributed by atoms with van der Waals surface area (Å²) in [6.07, 6.45) is 3.18. The Bertz CT molecular complexity index is 557. The SMILES string of the molecule is C[C@H]1C[C@H](C)CN(c2ccnc(-c3ccccc3)n2)C1. The lowest BCUT2D eigenvalue weighted by atomic mass is 9.92. The normalized spacial score (nSPS) is 22.8. The van der Waals surface area contributed by atoms with Gasteiger partial charge in [-0.3, -0.25) is 0 Å². The van der Waals surface area contributed by atoms with Crippen molar-refractivity contribution in [3.63, 3.8) is 0 Å². The minimum atomic E-state index is 0.730. The van der Waals surface area contributed by atoms with E-state index in [2.05, 4.69) is 35.9 Å². The zero-order valence-corrected chi connectivity index (χ0v) is 12.2. The third-order valence-corrected chi connectivity index (χ3v) is 3.87. The molecule has 3 nitrogen and oxygen atoms in total. The Hall–Kier alpha value is -1.90. The molecule has 0 radical (unpaired) electrons. The minimum Gasteiger partial charge on any atom is -0.356 e. The second-order valence-electron chi connectivity index (χ2n) is 5.96. The van der Waals surface area contributed by atoms with E-state index in [9.17, 15) is 0 Å². The number of anilines is 1. The van der Waals surface area contributed by atoms with Gasteiger partial charge in [0.15, 0.2) is 5.82 Å². The van der Waals surface area contributed by atoms with Crippen LogP contribution in [0.25, 0.3) is 11.4 Å². The monoisotopic (exact) mass is 267 g/mol. The topological polar surface area (TPSA) is 29.0 Å². The van der Waals surface area contributed by atoms with Crippen LogP contribution in [-0.2, 0) is 0 Å². The Morgan fingerprint density at radius 1 is 1.00 bits per heavy atom. The quantitative estimate of drug-likeness (QED) is 0.832. The molecule has 0 saturated carbocycles. The van der Waals surface area contributed by atoms with Gasteiger partial charge in [0, 0.05) is 24.8 Å². The van der Waals surface area contributed by atoms with Gasteiger partial charge in [-0.15, -0.1) is 0 Å². The highest BCUT2D eigenvalue weighted by atomic mass is 15.2. The highest BCUT2D eigenvalue weighted by molar-refractivity contribution is 5.57. The molecule has 0 unspecified atom stereocenters. The molecule has 2 atom stereocenters. The first kappa shape index (κ1) is 13.1. The van der Waals surface area contributed by atoms with E-state index >= 15 is 0 Å². The first-order valence-corrected chi connectivity index (χ1v) is 7.36. The highest BCUT2D eigenvalue weighted by Gasteiger charge is 2.22. The van der Waals surface area contributed by atoms with Crippen molar-refractivity contribution < 1.29 is 0 Å². The maximum atomic E-state index is 4.75. The van der Waals surface area contributed by atoms with Gasteiger partial charge in [0.2, 0.25) is 0 Å². The number of hydrogen-bond donors (Lipinski definition) is 0. The van der Waals surface area contributed by atoms with Crippen LogP contribution >= 0.6 is 0 Å². The van der Waals surface area contributed by atoms with E-state index in [1.165, 1.54) is 6.42 Å². The van der Waals surface area contributed by atoms with E-state index in [1.54, 1.807) is 0 Å². The van der Waals surface area contributed by atoms with Gasteiger partial charge in [0.1, 0.15) is 5.82 Å². The third kappa shape index (κ3) is 2.82. The van der Waals surface area contributed by atoms with Gasteiger partial charge in [0.05, 0.1) is 0 Å². The smallest absolute Gasteiger partial charge is 0.161 e. The maximum Gasteiger partial charge on any atom is 0.161 e. The van der Waals surface area contributed by atoms with Crippen LogP contribution in [-0.4, -0.2) is 23.1 Å². The van der Waals surface area contributed by atoms with Crippen molar-refractivity contribution in [1.29, 1.82) is 0 Å². The summed E-state index contributed by atoms with van der Waals surface area (Å²) in [7, 11) is 0. The van der Waals surface area contributed by atoms with Crippen molar-refractivity contribution in [2.45, 2.75) is 20.3 Å². The average molecular weight is 267 g/mol. The molecule has 0 N–H and O–H groups in total. The Morgan fingerprint density at radius 3 is 2.40 bits per heavy atom. The predicted molar refractivity (Wildman–Crippen MR) is 82.6 cm³/mol. The molecule has 1 aliphatic heterocycles. The summed E-state index contributed by atoms with van der Waals surface area (Å²) < 4.78 is 0. The molecule has 1 aromatic carbocycles. The third-order valence-electron chi connectivity index (χ3n) is 3.87. The largest absolute Gasteiger partial charge is 0.356 e. The summed E-state index contributed by atoms with van der Waals surface area (Å²) >= 11 is 0. The van der Waals surface area contributed by atoms with Gasteiger partial charge in [-0.1, -0.05) is 44.2 Å². The first-order chi connectivity index (χ1) is 9.72. The second kappa shape index (κ2) is 5.61. The summed E-state index contributed by atoms with van der Waals surface area (Å²) in [5.41, 5.74) is 1.08. The zero-order chi connectivity index (χ0) is 13.9. The summed E-state index contributed by atoms with van der Waals surface area (Å²) in [5.74, 6) is 3.33. The molecule has 2 aromatic rings. The standard InChI is InChI=1S/C17H21N3/c1-13-10-14(2)12-20(11-13)16-8-9-18-17(19-16)15-6-4-3-5-7-15/h3-9,13-14H,10-12H2,1-2H3/t13-,14-/m0/s1. The van der Waals surface area contributed by atoms with Crippen molar-refractivity contribution in [2.24, 2.45) is 11.8 Å². The Kier molecular flexibility index (Phi) is 3.68. The first-order valence-electron chi connectivity index (χ1n) is 7.36. The van der Waals surface area contributed by atoms with Crippen LogP contribution in [0.4, 0.5) is 5.82 Å². The molecule has 0 bridgehead atoms. The van der Waals surface area contributed by atoms with Gasteiger partial charge in [0.25, 0.3) is 0 Å². The Balaban J connectivity index is 1.88. The molecule has 2 heterocycles. The molecule has 0 aliphatic carbocycles. The Morgan fingerprint density at radius 2 is 1.70 bits per heavy atom. The lowest BCUT2D eigenvalue weighted by Crippen LogP contribution is -2.39. The molecular weight excluding hydrogens is 246 g/mol. The molecule has 3 heteroatoms. The van der Waals surface area contributed by atoms with Crippen molar-refractivity contribution in [3.8, 4) is 11.4 Å². The van der Waals surface area contributed by atoms with Crippen LogP contribution in [0.1, 0.15) is 20.3 Å². The van der Waals surface area contributed by atoms with Gasteiger partial charge in [-0.25, -0.2) is 9.97 Å². The van der Waals surface area contributed by atoms with E-state index in [0.29, 0.717) is 0 Å². The van der Waals surface area contributed by atoms with E-state index in [-0.39, 0.29) is 0 Å². The highest BCUT2D eigenvalue weighted by Crippen LogP contribution is 2.26. The molecule has 1 saturated heterocycles. The number of rotatable bonds is 2. The van der Waals surface area contributed by atoms with Gasteiger partial charge in [-0.2, -0.15) is 0 Å². The van der Waals surface area contributed by atoms with Gasteiger partial charge >= 0.3 is 0 Å². The molecule has 104 valence electrons. The van der Waals surface area contributed by atoms with Crippen molar-refractivity contribution in [3.05, 3.63) is 42.6 Å². The fourth-order valence-corrected chi connectivity index (χ4v) is 3.10. The fourth-order valence-electron chi connectivity index (χ4n) is 3.10. The lowest BCUT2D eigenvalue weighted by Gasteiger charge is -2.35.